The molecule has 1 aromatic carbocycles. The van der Waals surface area contributed by atoms with Crippen molar-refractivity contribution in [2.75, 3.05) is 13.7 Å². The molecule has 0 spiro atoms. The monoisotopic (exact) mass is 311 g/mol. The fraction of sp³-hybridized carbons (Fsp3) is 0.429. The number of methoxy groups -OCH3 is 1. The molecule has 0 aliphatic rings. The van der Waals surface area contributed by atoms with E-state index in [0.717, 1.165) is 12.1 Å². The van der Waals surface area contributed by atoms with Gasteiger partial charge in [-0.05, 0) is 18.9 Å². The molecule has 0 heterocycles. The summed E-state index contributed by atoms with van der Waals surface area (Å²) >= 11 is 0. The van der Waals surface area contributed by atoms with Crippen LogP contribution in [-0.4, -0.2) is 35.5 Å². The van der Waals surface area contributed by atoms with E-state index in [-0.39, 0.29) is 41.6 Å². The number of ketones is 1. The second kappa shape index (κ2) is 8.08. The van der Waals surface area contributed by atoms with Crippen molar-refractivity contribution < 1.29 is 29.1 Å². The number of nitro groups is 1. The molecule has 0 bridgehead atoms. The van der Waals surface area contributed by atoms with Gasteiger partial charge in [-0.15, -0.1) is 0 Å². The van der Waals surface area contributed by atoms with Gasteiger partial charge in [-0.3, -0.25) is 10.1 Å². The molecule has 0 aliphatic carbocycles. The Morgan fingerprint density at radius 1 is 1.36 bits per heavy atom. The first kappa shape index (κ1) is 17.6. The van der Waals surface area contributed by atoms with Crippen LogP contribution in [0.2, 0.25) is 0 Å². The number of nitrogens with zero attached hydrogens (tertiary/aromatic N) is 1. The highest BCUT2D eigenvalue weighted by atomic mass is 16.6. The molecule has 0 saturated heterocycles. The van der Waals surface area contributed by atoms with Crippen LogP contribution in [0.4, 0.5) is 5.69 Å². The summed E-state index contributed by atoms with van der Waals surface area (Å²) in [6.07, 6.45) is 0.879. The lowest BCUT2D eigenvalue weighted by molar-refractivity contribution is -0.385. The summed E-state index contributed by atoms with van der Waals surface area (Å²) < 4.78 is 10.1. The second-order valence-electron chi connectivity index (χ2n) is 4.60. The molecule has 0 amide bonds. The largest absolute Gasteiger partial charge is 0.490 e. The summed E-state index contributed by atoms with van der Waals surface area (Å²) in [7, 11) is 1.23. The number of Topliss-reactive ketones (excluding diaryl/α,β-unsaturated/α-hetero) is 1. The number of benzene rings is 1. The van der Waals surface area contributed by atoms with Gasteiger partial charge in [-0.1, -0.05) is 0 Å². The standard InChI is InChI=1S/C14H17NO7/c1-9(16)4-3-5-22-8-10-6-12(15(19)20)13(21-2)7-11(10)14(17)18/h6-7H,3-5,8H2,1-2H3,(H,17,18). The Balaban J connectivity index is 2.91. The Hall–Kier alpha value is -2.48. The zero-order valence-electron chi connectivity index (χ0n) is 12.3. The quantitative estimate of drug-likeness (QED) is 0.422. The van der Waals surface area contributed by atoms with Gasteiger partial charge >= 0.3 is 11.7 Å². The third-order valence-electron chi connectivity index (χ3n) is 2.91. The molecule has 0 aliphatic heterocycles. The second-order valence-corrected chi connectivity index (χ2v) is 4.60. The number of carbonyl (C=O) groups is 2. The van der Waals surface area contributed by atoms with Gasteiger partial charge in [-0.25, -0.2) is 4.79 Å². The minimum Gasteiger partial charge on any atom is -0.490 e. The molecule has 0 aromatic heterocycles. The SMILES string of the molecule is COc1cc(C(=O)O)c(COCCCC(C)=O)cc1[N+](=O)[O-]. The maximum absolute atomic E-state index is 11.2. The molecule has 1 N–H and O–H groups in total. The maximum Gasteiger partial charge on any atom is 0.336 e. The first-order valence-corrected chi connectivity index (χ1v) is 6.52. The van der Waals surface area contributed by atoms with Crippen LogP contribution in [-0.2, 0) is 16.1 Å². The first-order chi connectivity index (χ1) is 10.4. The van der Waals surface area contributed by atoms with Crippen molar-refractivity contribution in [1.29, 1.82) is 0 Å². The smallest absolute Gasteiger partial charge is 0.336 e. The first-order valence-electron chi connectivity index (χ1n) is 6.52. The third-order valence-corrected chi connectivity index (χ3v) is 2.91. The molecule has 0 fully saturated rings. The van der Waals surface area contributed by atoms with Gasteiger partial charge in [0.05, 0.1) is 24.2 Å². The average Bonchev–Trinajstić information content (AvgIpc) is 2.45. The van der Waals surface area contributed by atoms with Crippen LogP contribution in [0.25, 0.3) is 0 Å². The van der Waals surface area contributed by atoms with E-state index in [4.69, 9.17) is 14.6 Å². The van der Waals surface area contributed by atoms with Crippen LogP contribution in [0.1, 0.15) is 35.7 Å². The van der Waals surface area contributed by atoms with E-state index in [0.29, 0.717) is 12.8 Å². The van der Waals surface area contributed by atoms with Gasteiger partial charge < -0.3 is 19.4 Å². The Labute approximate surface area is 126 Å². The molecule has 120 valence electrons. The van der Waals surface area contributed by atoms with Gasteiger partial charge in [-0.2, -0.15) is 0 Å². The number of carbonyl (C=O) groups excluding carboxylic acids is 1. The van der Waals surface area contributed by atoms with Crippen molar-refractivity contribution in [3.63, 3.8) is 0 Å². The number of carboxylic acid groups (broad SMARTS) is 1. The van der Waals surface area contributed by atoms with Crippen LogP contribution in [0.3, 0.4) is 0 Å². The van der Waals surface area contributed by atoms with Crippen molar-refractivity contribution in [3.05, 3.63) is 33.4 Å². The van der Waals surface area contributed by atoms with Crippen LogP contribution >= 0.6 is 0 Å². The van der Waals surface area contributed by atoms with Crippen molar-refractivity contribution in [2.45, 2.75) is 26.4 Å². The Bertz CT molecular complexity index is 583. The van der Waals surface area contributed by atoms with E-state index in [1.54, 1.807) is 0 Å². The number of nitro benzene ring substituents is 1. The highest BCUT2D eigenvalue weighted by Gasteiger charge is 2.22. The molecule has 1 rings (SSSR count). The minimum absolute atomic E-state index is 0.0370. The molecule has 0 atom stereocenters. The topological polar surface area (TPSA) is 116 Å². The van der Waals surface area contributed by atoms with E-state index >= 15 is 0 Å². The van der Waals surface area contributed by atoms with Crippen LogP contribution in [0.5, 0.6) is 5.75 Å². The molecular formula is C14H17NO7. The van der Waals surface area contributed by atoms with Crippen molar-refractivity contribution in [2.24, 2.45) is 0 Å². The van der Waals surface area contributed by atoms with E-state index in [9.17, 15) is 19.7 Å². The van der Waals surface area contributed by atoms with E-state index < -0.39 is 10.9 Å². The van der Waals surface area contributed by atoms with E-state index in [1.807, 2.05) is 0 Å². The Morgan fingerprint density at radius 2 is 2.05 bits per heavy atom. The summed E-state index contributed by atoms with van der Waals surface area (Å²) in [5.74, 6) is -1.31. The molecule has 0 unspecified atom stereocenters. The number of aromatic carboxylic acids is 1. The van der Waals surface area contributed by atoms with Gasteiger partial charge in [0.2, 0.25) is 0 Å². The van der Waals surface area contributed by atoms with Gasteiger partial charge in [0.15, 0.2) is 5.75 Å². The lowest BCUT2D eigenvalue weighted by atomic mass is 10.1. The number of rotatable bonds is 9. The molecule has 0 saturated carbocycles. The number of hydrogen-bond donors (Lipinski definition) is 1. The van der Waals surface area contributed by atoms with Crippen LogP contribution in [0, 0.1) is 10.1 Å². The maximum atomic E-state index is 11.2. The fourth-order valence-electron chi connectivity index (χ4n) is 1.84. The number of hydrogen-bond acceptors (Lipinski definition) is 6. The zero-order valence-corrected chi connectivity index (χ0v) is 12.3. The summed E-state index contributed by atoms with van der Waals surface area (Å²) in [6, 6.07) is 2.24. The van der Waals surface area contributed by atoms with Crippen molar-refractivity contribution in [1.82, 2.24) is 0 Å². The van der Waals surface area contributed by atoms with E-state index in [1.165, 1.54) is 14.0 Å². The molecule has 22 heavy (non-hydrogen) atoms. The highest BCUT2D eigenvalue weighted by Crippen LogP contribution is 2.30. The molecule has 8 heteroatoms. The van der Waals surface area contributed by atoms with Gasteiger partial charge in [0, 0.05) is 25.2 Å². The Kier molecular flexibility index (Phi) is 6.46. The van der Waals surface area contributed by atoms with Crippen LogP contribution < -0.4 is 4.74 Å². The third kappa shape index (κ3) is 4.81. The predicted octanol–water partition coefficient (Wildman–Crippen LogP) is 2.19. The summed E-state index contributed by atoms with van der Waals surface area (Å²) in [5, 5.41) is 20.1. The molecular weight excluding hydrogens is 294 g/mol. The van der Waals surface area contributed by atoms with Gasteiger partial charge in [0.25, 0.3) is 0 Å². The molecule has 8 nitrogen and oxygen atoms in total. The summed E-state index contributed by atoms with van der Waals surface area (Å²) in [5.41, 5.74) is -0.258. The normalized spacial score (nSPS) is 10.3. The molecule has 0 radical (unpaired) electrons. The van der Waals surface area contributed by atoms with Gasteiger partial charge in [0.1, 0.15) is 5.78 Å². The predicted molar refractivity (Wildman–Crippen MR) is 76.2 cm³/mol. The zero-order chi connectivity index (χ0) is 16.7. The minimum atomic E-state index is -1.23. The number of carboxylic acids is 1. The number of ether oxygens (including phenoxy) is 2. The highest BCUT2D eigenvalue weighted by molar-refractivity contribution is 5.90. The lowest BCUT2D eigenvalue weighted by Gasteiger charge is -2.10. The lowest BCUT2D eigenvalue weighted by Crippen LogP contribution is -2.07. The van der Waals surface area contributed by atoms with Crippen molar-refractivity contribution in [3.8, 4) is 5.75 Å². The van der Waals surface area contributed by atoms with Crippen LogP contribution in [0.15, 0.2) is 12.1 Å². The summed E-state index contributed by atoms with van der Waals surface area (Å²) in [6.45, 7) is 1.64. The Morgan fingerprint density at radius 3 is 2.55 bits per heavy atom. The van der Waals surface area contributed by atoms with Crippen molar-refractivity contribution >= 4 is 17.4 Å². The fourth-order valence-corrected chi connectivity index (χ4v) is 1.84. The summed E-state index contributed by atoms with van der Waals surface area (Å²) in [4.78, 5) is 32.3. The average molecular weight is 311 g/mol. The van der Waals surface area contributed by atoms with E-state index in [2.05, 4.69) is 0 Å². The molecule has 1 aromatic rings.